The molecule has 26 heavy (non-hydrogen) atoms. The third-order valence-electron chi connectivity index (χ3n) is 4.25. The molecule has 0 heterocycles. The van der Waals surface area contributed by atoms with E-state index in [0.717, 1.165) is 16.7 Å². The van der Waals surface area contributed by atoms with Gasteiger partial charge in [0.25, 0.3) is 0 Å². The van der Waals surface area contributed by atoms with E-state index in [1.807, 2.05) is 54.6 Å². The van der Waals surface area contributed by atoms with Crippen molar-refractivity contribution < 1.29 is 4.74 Å². The van der Waals surface area contributed by atoms with E-state index in [-0.39, 0.29) is 0 Å². The van der Waals surface area contributed by atoms with Gasteiger partial charge in [-0.15, -0.1) is 6.42 Å². The van der Waals surface area contributed by atoms with E-state index in [2.05, 4.69) is 54.2 Å². The number of hydrogen-bond acceptors (Lipinski definition) is 1. The molecule has 0 aliphatic heterocycles. The number of terminal acetylenes is 1. The molecule has 0 aromatic heterocycles. The van der Waals surface area contributed by atoms with Gasteiger partial charge < -0.3 is 4.74 Å². The minimum Gasteiger partial charge on any atom is -0.360 e. The topological polar surface area (TPSA) is 9.23 Å². The van der Waals surface area contributed by atoms with Crippen molar-refractivity contribution in [3.63, 3.8) is 0 Å². The normalized spacial score (nSPS) is 10.4. The molecule has 0 fully saturated rings. The molecule has 3 aromatic rings. The SMILES string of the molecule is C#CC#CCCOC(c1ccccc1)(c1ccccc1)c1ccccc1. The Morgan fingerprint density at radius 3 is 1.50 bits per heavy atom. The molecule has 0 unspecified atom stereocenters. The van der Waals surface area contributed by atoms with Crippen LogP contribution in [0.2, 0.25) is 0 Å². The standard InChI is InChI=1S/C25H20O/c1-2-3-4-14-21-26-25(22-15-8-5-9-16-22,23-17-10-6-11-18-23)24-19-12-7-13-20-24/h1,5-13,15-20H,14,21H2. The van der Waals surface area contributed by atoms with Crippen LogP contribution in [0.3, 0.4) is 0 Å². The van der Waals surface area contributed by atoms with Crippen LogP contribution >= 0.6 is 0 Å². The fourth-order valence-electron chi connectivity index (χ4n) is 3.14. The molecule has 0 saturated carbocycles. The van der Waals surface area contributed by atoms with Gasteiger partial charge in [-0.25, -0.2) is 0 Å². The van der Waals surface area contributed by atoms with Crippen LogP contribution in [0.5, 0.6) is 0 Å². The van der Waals surface area contributed by atoms with Crippen molar-refractivity contribution in [2.24, 2.45) is 0 Å². The van der Waals surface area contributed by atoms with E-state index < -0.39 is 5.60 Å². The lowest BCUT2D eigenvalue weighted by Crippen LogP contribution is -2.33. The van der Waals surface area contributed by atoms with Crippen LogP contribution in [-0.2, 0) is 10.3 Å². The highest BCUT2D eigenvalue weighted by molar-refractivity contribution is 5.47. The van der Waals surface area contributed by atoms with Gasteiger partial charge >= 0.3 is 0 Å². The zero-order valence-corrected chi connectivity index (χ0v) is 14.6. The molecule has 1 nitrogen and oxygen atoms in total. The van der Waals surface area contributed by atoms with Crippen molar-refractivity contribution in [1.29, 1.82) is 0 Å². The summed E-state index contributed by atoms with van der Waals surface area (Å²) >= 11 is 0. The lowest BCUT2D eigenvalue weighted by molar-refractivity contribution is 0.0165. The van der Waals surface area contributed by atoms with Crippen molar-refractivity contribution in [3.05, 3.63) is 108 Å². The van der Waals surface area contributed by atoms with Gasteiger partial charge in [0.1, 0.15) is 5.60 Å². The summed E-state index contributed by atoms with van der Waals surface area (Å²) in [6.07, 6.45) is 5.79. The first-order valence-electron chi connectivity index (χ1n) is 8.62. The summed E-state index contributed by atoms with van der Waals surface area (Å²) in [7, 11) is 0. The Labute approximate surface area is 155 Å². The molecule has 0 radical (unpaired) electrons. The fourth-order valence-corrected chi connectivity index (χ4v) is 3.14. The van der Waals surface area contributed by atoms with E-state index in [4.69, 9.17) is 11.2 Å². The quantitative estimate of drug-likeness (QED) is 0.349. The maximum Gasteiger partial charge on any atom is 0.143 e. The van der Waals surface area contributed by atoms with E-state index >= 15 is 0 Å². The van der Waals surface area contributed by atoms with E-state index in [1.54, 1.807) is 0 Å². The summed E-state index contributed by atoms with van der Waals surface area (Å²) in [5.41, 5.74) is 2.56. The van der Waals surface area contributed by atoms with Gasteiger partial charge in [-0.1, -0.05) is 96.9 Å². The number of benzene rings is 3. The predicted molar refractivity (Wildman–Crippen MR) is 106 cm³/mol. The highest BCUT2D eigenvalue weighted by Gasteiger charge is 2.37. The summed E-state index contributed by atoms with van der Waals surface area (Å²) in [5.74, 6) is 7.95. The molecule has 0 aliphatic rings. The minimum atomic E-state index is -0.693. The first kappa shape index (κ1) is 17.6. The molecule has 0 amide bonds. The van der Waals surface area contributed by atoms with E-state index in [1.165, 1.54) is 0 Å². The van der Waals surface area contributed by atoms with E-state index in [9.17, 15) is 0 Å². The fraction of sp³-hybridized carbons (Fsp3) is 0.120. The molecule has 0 spiro atoms. The second kappa shape index (κ2) is 8.72. The van der Waals surface area contributed by atoms with Gasteiger partial charge in [-0.3, -0.25) is 0 Å². The van der Waals surface area contributed by atoms with Crippen LogP contribution in [0, 0.1) is 24.2 Å². The molecule has 126 valence electrons. The second-order valence-electron chi connectivity index (χ2n) is 5.82. The Morgan fingerprint density at radius 2 is 1.12 bits per heavy atom. The first-order valence-corrected chi connectivity index (χ1v) is 8.62. The van der Waals surface area contributed by atoms with Crippen molar-refractivity contribution in [3.8, 4) is 24.2 Å². The molecule has 1 heteroatoms. The van der Waals surface area contributed by atoms with Crippen molar-refractivity contribution in [1.82, 2.24) is 0 Å². The number of rotatable bonds is 6. The molecule has 0 N–H and O–H groups in total. The Morgan fingerprint density at radius 1 is 0.692 bits per heavy atom. The molecule has 3 rings (SSSR count). The van der Waals surface area contributed by atoms with Crippen LogP contribution in [0.15, 0.2) is 91.0 Å². The maximum atomic E-state index is 6.56. The summed E-state index contributed by atoms with van der Waals surface area (Å²) in [6.45, 7) is 0.480. The summed E-state index contributed by atoms with van der Waals surface area (Å²) in [5, 5.41) is 0. The van der Waals surface area contributed by atoms with Crippen molar-refractivity contribution in [2.45, 2.75) is 12.0 Å². The minimum absolute atomic E-state index is 0.480. The van der Waals surface area contributed by atoms with Crippen LogP contribution in [0.4, 0.5) is 0 Å². The van der Waals surface area contributed by atoms with Crippen LogP contribution < -0.4 is 0 Å². The monoisotopic (exact) mass is 336 g/mol. The van der Waals surface area contributed by atoms with Gasteiger partial charge in [0.2, 0.25) is 0 Å². The molecule has 0 aliphatic carbocycles. The largest absolute Gasteiger partial charge is 0.360 e. The van der Waals surface area contributed by atoms with Crippen LogP contribution in [0.1, 0.15) is 23.1 Å². The Balaban J connectivity index is 2.13. The molecule has 0 bridgehead atoms. The second-order valence-corrected chi connectivity index (χ2v) is 5.82. The third kappa shape index (κ3) is 3.70. The summed E-state index contributed by atoms with van der Waals surface area (Å²) < 4.78 is 6.56. The molecular weight excluding hydrogens is 316 g/mol. The van der Waals surface area contributed by atoms with Gasteiger partial charge in [0.05, 0.1) is 6.61 Å². The lowest BCUT2D eigenvalue weighted by atomic mass is 9.80. The lowest BCUT2D eigenvalue weighted by Gasteiger charge is -2.35. The number of ether oxygens (including phenoxy) is 1. The molecular formula is C25H20O. The maximum absolute atomic E-state index is 6.56. The van der Waals surface area contributed by atoms with Crippen molar-refractivity contribution in [2.75, 3.05) is 6.61 Å². The zero-order chi connectivity index (χ0) is 18.1. The average molecular weight is 336 g/mol. The third-order valence-corrected chi connectivity index (χ3v) is 4.25. The highest BCUT2D eigenvalue weighted by Crippen LogP contribution is 2.40. The number of hydrogen-bond donors (Lipinski definition) is 0. The Kier molecular flexibility index (Phi) is 5.89. The summed E-state index contributed by atoms with van der Waals surface area (Å²) in [6, 6.07) is 30.9. The van der Waals surface area contributed by atoms with Gasteiger partial charge in [-0.2, -0.15) is 0 Å². The van der Waals surface area contributed by atoms with Crippen molar-refractivity contribution >= 4 is 0 Å². The molecule has 0 atom stereocenters. The van der Waals surface area contributed by atoms with Gasteiger partial charge in [0.15, 0.2) is 0 Å². The average Bonchev–Trinajstić information content (AvgIpc) is 2.73. The molecule has 3 aromatic carbocycles. The zero-order valence-electron chi connectivity index (χ0n) is 14.6. The molecule has 0 saturated heterocycles. The summed E-state index contributed by atoms with van der Waals surface area (Å²) in [4.78, 5) is 0. The van der Waals surface area contributed by atoms with Gasteiger partial charge in [0, 0.05) is 6.42 Å². The van der Waals surface area contributed by atoms with Crippen LogP contribution in [-0.4, -0.2) is 6.61 Å². The highest BCUT2D eigenvalue weighted by atomic mass is 16.5. The Bertz CT molecular complexity index is 813. The first-order chi connectivity index (χ1) is 12.9. The predicted octanol–water partition coefficient (Wildman–Crippen LogP) is 5.02. The Hall–Kier alpha value is -3.26. The smallest absolute Gasteiger partial charge is 0.143 e. The van der Waals surface area contributed by atoms with Crippen LogP contribution in [0.25, 0.3) is 0 Å². The van der Waals surface area contributed by atoms with E-state index in [0.29, 0.717) is 13.0 Å². The van der Waals surface area contributed by atoms with Gasteiger partial charge in [-0.05, 0) is 28.5 Å².